The number of fused-ring (bicyclic) bond motifs is 5. The molecule has 0 aliphatic heterocycles. The minimum absolute atomic E-state index is 0.0926. The number of thiophene rings is 2. The molecule has 0 saturated carbocycles. The first-order valence-electron chi connectivity index (χ1n) is 21.3. The third kappa shape index (κ3) is 6.66. The van der Waals surface area contributed by atoms with Crippen molar-refractivity contribution in [3.8, 4) is 65.8 Å². The second-order valence-electron chi connectivity index (χ2n) is 15.8. The summed E-state index contributed by atoms with van der Waals surface area (Å²) in [6, 6.07) is 69.7. The molecule has 306 valence electrons. The van der Waals surface area contributed by atoms with Crippen molar-refractivity contribution < 1.29 is 19.7 Å². The summed E-state index contributed by atoms with van der Waals surface area (Å²) in [6.07, 6.45) is 0. The quantitative estimate of drug-likeness (QED) is 0.129. The van der Waals surface area contributed by atoms with E-state index in [-0.39, 0.29) is 26.4 Å². The standard InChI is InChI=1S/C57H42O4S2/c58-29-31-60-49-27-25-41(35-47(49)37-13-3-1-4-14-37)57(42-26-28-50(61-32-30-59)48(36-42)38-15-5-2-6-16-38)55-43(19-11-21-45(55)53-33-39-17-7-9-23-51(39)62-53)44-20-12-22-46(56(44)57)54-34-40-18-8-10-24-52(40)63-54/h1-28,33-36,58-59H,29-32H2. The number of hydrogen-bond acceptors (Lipinski definition) is 6. The minimum Gasteiger partial charge on any atom is -0.491 e. The zero-order valence-electron chi connectivity index (χ0n) is 34.3. The van der Waals surface area contributed by atoms with Gasteiger partial charge in [-0.25, -0.2) is 0 Å². The smallest absolute Gasteiger partial charge is 0.127 e. The highest BCUT2D eigenvalue weighted by atomic mass is 32.1. The topological polar surface area (TPSA) is 58.9 Å². The summed E-state index contributed by atoms with van der Waals surface area (Å²) in [5.41, 5.74) is 12.4. The first-order valence-corrected chi connectivity index (χ1v) is 22.9. The van der Waals surface area contributed by atoms with Crippen LogP contribution in [0.1, 0.15) is 22.3 Å². The highest BCUT2D eigenvalue weighted by molar-refractivity contribution is 7.22. The van der Waals surface area contributed by atoms with E-state index < -0.39 is 5.41 Å². The molecule has 11 rings (SSSR count). The fraction of sp³-hybridized carbons (Fsp3) is 0.0877. The molecule has 2 heterocycles. The monoisotopic (exact) mass is 854 g/mol. The van der Waals surface area contributed by atoms with Gasteiger partial charge in [-0.15, -0.1) is 22.7 Å². The van der Waals surface area contributed by atoms with E-state index >= 15 is 0 Å². The van der Waals surface area contributed by atoms with Crippen LogP contribution in [0.3, 0.4) is 0 Å². The van der Waals surface area contributed by atoms with E-state index in [2.05, 4.69) is 182 Å². The van der Waals surface area contributed by atoms with Crippen LogP contribution in [-0.2, 0) is 5.41 Å². The second kappa shape index (κ2) is 16.5. The maximum Gasteiger partial charge on any atom is 0.127 e. The summed E-state index contributed by atoms with van der Waals surface area (Å²) in [6.45, 7) is 0.172. The lowest BCUT2D eigenvalue weighted by atomic mass is 9.64. The largest absolute Gasteiger partial charge is 0.491 e. The highest BCUT2D eigenvalue weighted by Gasteiger charge is 2.50. The van der Waals surface area contributed by atoms with Gasteiger partial charge in [-0.05, 0) is 115 Å². The van der Waals surface area contributed by atoms with Gasteiger partial charge in [0.1, 0.15) is 24.7 Å². The van der Waals surface area contributed by atoms with Crippen molar-refractivity contribution in [2.75, 3.05) is 26.4 Å². The van der Waals surface area contributed by atoms with Crippen LogP contribution >= 0.6 is 22.7 Å². The Morgan fingerprint density at radius 2 is 0.794 bits per heavy atom. The molecule has 0 fully saturated rings. The molecule has 0 spiro atoms. The molecule has 0 radical (unpaired) electrons. The van der Waals surface area contributed by atoms with Crippen molar-refractivity contribution in [3.05, 3.63) is 216 Å². The number of rotatable bonds is 12. The molecule has 0 bridgehead atoms. The van der Waals surface area contributed by atoms with E-state index in [0.717, 1.165) is 33.4 Å². The molecular formula is C57H42O4S2. The molecule has 2 aromatic heterocycles. The maximum atomic E-state index is 9.96. The van der Waals surface area contributed by atoms with E-state index in [4.69, 9.17) is 9.47 Å². The number of ether oxygens (including phenoxy) is 2. The van der Waals surface area contributed by atoms with Crippen LogP contribution in [0.5, 0.6) is 11.5 Å². The lowest BCUT2D eigenvalue weighted by Crippen LogP contribution is -2.30. The lowest BCUT2D eigenvalue weighted by Gasteiger charge is -2.37. The Morgan fingerprint density at radius 1 is 0.381 bits per heavy atom. The fourth-order valence-corrected chi connectivity index (χ4v) is 11.8. The van der Waals surface area contributed by atoms with Crippen molar-refractivity contribution >= 4 is 42.8 Å². The molecule has 0 amide bonds. The van der Waals surface area contributed by atoms with Crippen molar-refractivity contribution in [1.29, 1.82) is 0 Å². The Bertz CT molecular complexity index is 2990. The van der Waals surface area contributed by atoms with Crippen molar-refractivity contribution in [2.24, 2.45) is 0 Å². The average molecular weight is 855 g/mol. The van der Waals surface area contributed by atoms with Gasteiger partial charge in [0.25, 0.3) is 0 Å². The molecule has 2 N–H and O–H groups in total. The Balaban J connectivity index is 1.31. The minimum atomic E-state index is -0.887. The predicted molar refractivity (Wildman–Crippen MR) is 261 cm³/mol. The van der Waals surface area contributed by atoms with Crippen molar-refractivity contribution in [1.82, 2.24) is 0 Å². The van der Waals surface area contributed by atoms with Crippen molar-refractivity contribution in [2.45, 2.75) is 5.41 Å². The molecule has 0 saturated heterocycles. The van der Waals surface area contributed by atoms with Crippen LogP contribution < -0.4 is 9.47 Å². The van der Waals surface area contributed by atoms with Gasteiger partial charge in [0, 0.05) is 30.3 Å². The zero-order valence-corrected chi connectivity index (χ0v) is 36.0. The number of benzene rings is 8. The summed E-state index contributed by atoms with van der Waals surface area (Å²) in [5, 5.41) is 22.3. The molecule has 10 aromatic rings. The maximum absolute atomic E-state index is 9.96. The summed E-state index contributed by atoms with van der Waals surface area (Å²) >= 11 is 3.66. The first kappa shape index (κ1) is 39.1. The molecular weight excluding hydrogens is 813 g/mol. The Kier molecular flexibility index (Phi) is 10.2. The van der Waals surface area contributed by atoms with Crippen LogP contribution in [0.4, 0.5) is 0 Å². The van der Waals surface area contributed by atoms with Gasteiger partial charge in [0.2, 0.25) is 0 Å². The number of aliphatic hydroxyl groups is 2. The first-order chi connectivity index (χ1) is 31.1. The van der Waals surface area contributed by atoms with E-state index in [0.29, 0.717) is 11.5 Å². The summed E-state index contributed by atoms with van der Waals surface area (Å²) in [4.78, 5) is 2.40. The molecule has 6 heteroatoms. The van der Waals surface area contributed by atoms with E-state index in [1.165, 1.54) is 63.3 Å². The molecule has 1 aliphatic carbocycles. The Morgan fingerprint density at radius 3 is 1.22 bits per heavy atom. The van der Waals surface area contributed by atoms with Gasteiger partial charge in [0.15, 0.2) is 0 Å². The third-order valence-corrected chi connectivity index (χ3v) is 14.5. The molecule has 4 nitrogen and oxygen atoms in total. The van der Waals surface area contributed by atoms with Gasteiger partial charge in [-0.1, -0.05) is 146 Å². The fourth-order valence-electron chi connectivity index (χ4n) is 9.65. The van der Waals surface area contributed by atoms with Crippen LogP contribution in [0.2, 0.25) is 0 Å². The Hall–Kier alpha value is -6.80. The van der Waals surface area contributed by atoms with Crippen LogP contribution in [0.15, 0.2) is 194 Å². The highest BCUT2D eigenvalue weighted by Crippen LogP contribution is 2.63. The average Bonchev–Trinajstić information content (AvgIpc) is 4.07. The normalized spacial score (nSPS) is 12.7. The lowest BCUT2D eigenvalue weighted by molar-refractivity contribution is 0.202. The van der Waals surface area contributed by atoms with Gasteiger partial charge in [-0.3, -0.25) is 0 Å². The van der Waals surface area contributed by atoms with Crippen LogP contribution in [0, 0.1) is 0 Å². The van der Waals surface area contributed by atoms with E-state index in [1.807, 2.05) is 34.8 Å². The predicted octanol–water partition coefficient (Wildman–Crippen LogP) is 13.9. The molecule has 1 aliphatic rings. The van der Waals surface area contributed by atoms with Gasteiger partial charge < -0.3 is 19.7 Å². The van der Waals surface area contributed by atoms with Gasteiger partial charge in [0.05, 0.1) is 18.6 Å². The molecule has 63 heavy (non-hydrogen) atoms. The van der Waals surface area contributed by atoms with E-state index in [1.54, 1.807) is 0 Å². The second-order valence-corrected chi connectivity index (χ2v) is 18.0. The van der Waals surface area contributed by atoms with E-state index in [9.17, 15) is 10.2 Å². The van der Waals surface area contributed by atoms with Gasteiger partial charge in [-0.2, -0.15) is 0 Å². The number of hydrogen-bond donors (Lipinski definition) is 2. The van der Waals surface area contributed by atoms with Crippen LogP contribution in [-0.4, -0.2) is 36.6 Å². The van der Waals surface area contributed by atoms with Gasteiger partial charge >= 0.3 is 0 Å². The SMILES string of the molecule is OCCOc1ccc(C2(c3ccc(OCCO)c(-c4ccccc4)c3)c3c(-c4cc5ccccc5s4)cccc3-c3cccc(-c4cc5ccccc5s4)c32)cc1-c1ccccc1. The molecule has 8 aromatic carbocycles. The van der Waals surface area contributed by atoms with Crippen molar-refractivity contribution in [3.63, 3.8) is 0 Å². The number of aliphatic hydroxyl groups excluding tert-OH is 2. The summed E-state index contributed by atoms with van der Waals surface area (Å²) in [7, 11) is 0. The molecule has 0 atom stereocenters. The molecule has 0 unspecified atom stereocenters. The third-order valence-electron chi connectivity index (χ3n) is 12.2. The summed E-state index contributed by atoms with van der Waals surface area (Å²) in [5.74, 6) is 1.42. The van der Waals surface area contributed by atoms with Crippen LogP contribution in [0.25, 0.3) is 74.4 Å². The summed E-state index contributed by atoms with van der Waals surface area (Å²) < 4.78 is 15.2. The Labute approximate surface area is 374 Å². The zero-order chi connectivity index (χ0) is 42.3.